The van der Waals surface area contributed by atoms with Crippen LogP contribution in [0, 0.1) is 0 Å². The van der Waals surface area contributed by atoms with Crippen LogP contribution in [0.25, 0.3) is 0 Å². The van der Waals surface area contributed by atoms with Gasteiger partial charge in [0.1, 0.15) is 5.82 Å². The predicted octanol–water partition coefficient (Wildman–Crippen LogP) is 1.27. The van der Waals surface area contributed by atoms with E-state index in [2.05, 4.69) is 20.3 Å². The molecule has 2 aromatic rings. The smallest absolute Gasteiger partial charge is 0.356 e. The van der Waals surface area contributed by atoms with E-state index in [9.17, 15) is 4.79 Å². The van der Waals surface area contributed by atoms with Crippen molar-refractivity contribution >= 4 is 11.8 Å². The average Bonchev–Trinajstić information content (AvgIpc) is 2.95. The van der Waals surface area contributed by atoms with E-state index >= 15 is 0 Å². The minimum Gasteiger partial charge on any atom is -0.477 e. The zero-order valence-corrected chi connectivity index (χ0v) is 11.7. The molecule has 0 atom stereocenters. The van der Waals surface area contributed by atoms with Crippen molar-refractivity contribution in [3.05, 3.63) is 30.6 Å². The van der Waals surface area contributed by atoms with Crippen LogP contribution in [0.3, 0.4) is 0 Å². The Balaban J connectivity index is 1.83. The second-order valence-electron chi connectivity index (χ2n) is 4.32. The molecule has 112 valence electrons. The van der Waals surface area contributed by atoms with E-state index < -0.39 is 5.97 Å². The summed E-state index contributed by atoms with van der Waals surface area (Å²) < 4.78 is 7.09. The maximum absolute atomic E-state index is 10.7. The van der Waals surface area contributed by atoms with Gasteiger partial charge in [0, 0.05) is 19.3 Å². The minimum absolute atomic E-state index is 0.0322. The van der Waals surface area contributed by atoms with Crippen molar-refractivity contribution in [3.63, 3.8) is 0 Å². The highest BCUT2D eigenvalue weighted by Gasteiger charge is 2.06. The zero-order valence-electron chi connectivity index (χ0n) is 11.7. The monoisotopic (exact) mass is 291 g/mol. The van der Waals surface area contributed by atoms with Crippen LogP contribution >= 0.6 is 0 Å². The Bertz CT molecular complexity index is 599. The third-order valence-corrected chi connectivity index (χ3v) is 2.59. The van der Waals surface area contributed by atoms with Crippen LogP contribution in [0.4, 0.5) is 5.82 Å². The molecular weight excluding hydrogens is 274 g/mol. The Morgan fingerprint density at radius 3 is 3.05 bits per heavy atom. The molecule has 21 heavy (non-hydrogen) atoms. The molecule has 8 nitrogen and oxygen atoms in total. The van der Waals surface area contributed by atoms with Gasteiger partial charge in [0.25, 0.3) is 0 Å². The molecule has 0 bridgehead atoms. The third-order valence-electron chi connectivity index (χ3n) is 2.59. The molecule has 0 saturated carbocycles. The van der Waals surface area contributed by atoms with Gasteiger partial charge >= 0.3 is 5.97 Å². The summed E-state index contributed by atoms with van der Waals surface area (Å²) in [6.45, 7) is 3.76. The lowest BCUT2D eigenvalue weighted by molar-refractivity contribution is 0.0691. The summed E-state index contributed by atoms with van der Waals surface area (Å²) in [6, 6.07) is 0. The summed E-state index contributed by atoms with van der Waals surface area (Å²) in [5, 5.41) is 11.9. The van der Waals surface area contributed by atoms with Gasteiger partial charge in [0.05, 0.1) is 25.3 Å². The first-order valence-corrected chi connectivity index (χ1v) is 6.63. The molecule has 2 rings (SSSR count). The molecule has 0 aromatic carbocycles. The van der Waals surface area contributed by atoms with E-state index in [0.717, 1.165) is 6.42 Å². The number of carboxylic acid groups (broad SMARTS) is 1. The summed E-state index contributed by atoms with van der Waals surface area (Å²) in [4.78, 5) is 22.8. The van der Waals surface area contributed by atoms with Crippen molar-refractivity contribution in [1.29, 1.82) is 0 Å². The molecule has 8 heteroatoms. The van der Waals surface area contributed by atoms with Crippen LogP contribution in [-0.4, -0.2) is 43.7 Å². The number of anilines is 1. The van der Waals surface area contributed by atoms with Crippen LogP contribution in [0.2, 0.25) is 0 Å². The van der Waals surface area contributed by atoms with Gasteiger partial charge in [-0.25, -0.2) is 9.78 Å². The van der Waals surface area contributed by atoms with Crippen molar-refractivity contribution in [2.45, 2.75) is 19.9 Å². The van der Waals surface area contributed by atoms with Gasteiger partial charge in [-0.05, 0) is 6.42 Å². The number of carbonyl (C=O) groups is 1. The Morgan fingerprint density at radius 1 is 1.48 bits per heavy atom. The Kier molecular flexibility index (Phi) is 5.08. The summed E-state index contributed by atoms with van der Waals surface area (Å²) in [5.41, 5.74) is 0.0322. The van der Waals surface area contributed by atoms with Gasteiger partial charge in [-0.1, -0.05) is 6.92 Å². The summed E-state index contributed by atoms with van der Waals surface area (Å²) in [7, 11) is 0. The van der Waals surface area contributed by atoms with Crippen molar-refractivity contribution in [2.75, 3.05) is 18.5 Å². The maximum Gasteiger partial charge on any atom is 0.356 e. The molecule has 0 aliphatic carbocycles. The van der Waals surface area contributed by atoms with Crippen LogP contribution in [0.15, 0.2) is 24.9 Å². The number of rotatable bonds is 8. The SMILES string of the molecule is CCCOc1cncc(NCCn2cnc(C(=O)O)c2)n1. The number of hydrogen-bond acceptors (Lipinski definition) is 6. The van der Waals surface area contributed by atoms with Gasteiger partial charge < -0.3 is 19.7 Å². The second kappa shape index (κ2) is 7.22. The number of nitrogens with zero attached hydrogens (tertiary/aromatic N) is 4. The van der Waals surface area contributed by atoms with Gasteiger partial charge in [-0.15, -0.1) is 0 Å². The standard InChI is InChI=1S/C13H17N5O3/c1-2-5-21-12-7-14-6-11(17-12)15-3-4-18-8-10(13(19)20)16-9-18/h6-9H,2-5H2,1H3,(H,15,17)(H,19,20). The molecule has 0 aliphatic rings. The van der Waals surface area contributed by atoms with Crippen LogP contribution in [-0.2, 0) is 6.54 Å². The van der Waals surface area contributed by atoms with Gasteiger partial charge in [-0.3, -0.25) is 4.98 Å². The molecule has 2 N–H and O–H groups in total. The molecule has 0 unspecified atom stereocenters. The molecule has 2 aromatic heterocycles. The fraction of sp³-hybridized carbons (Fsp3) is 0.385. The highest BCUT2D eigenvalue weighted by molar-refractivity contribution is 5.84. The van der Waals surface area contributed by atoms with E-state index in [1.807, 2.05) is 6.92 Å². The molecule has 2 heterocycles. The Morgan fingerprint density at radius 2 is 2.33 bits per heavy atom. The first-order valence-electron chi connectivity index (χ1n) is 6.63. The minimum atomic E-state index is -1.03. The Hall–Kier alpha value is -2.64. The van der Waals surface area contributed by atoms with E-state index in [1.54, 1.807) is 17.0 Å². The van der Waals surface area contributed by atoms with Crippen LogP contribution in [0.5, 0.6) is 5.88 Å². The predicted molar refractivity (Wildman–Crippen MR) is 75.5 cm³/mol. The number of ether oxygens (including phenoxy) is 1. The van der Waals surface area contributed by atoms with Gasteiger partial charge in [0.2, 0.25) is 5.88 Å². The second-order valence-corrected chi connectivity index (χ2v) is 4.32. The highest BCUT2D eigenvalue weighted by Crippen LogP contribution is 2.09. The van der Waals surface area contributed by atoms with Gasteiger partial charge in [0.15, 0.2) is 5.69 Å². The van der Waals surface area contributed by atoms with E-state index in [-0.39, 0.29) is 5.69 Å². The van der Waals surface area contributed by atoms with Crippen molar-refractivity contribution in [1.82, 2.24) is 19.5 Å². The lowest BCUT2D eigenvalue weighted by Gasteiger charge is -2.07. The Labute approximate surface area is 121 Å². The summed E-state index contributed by atoms with van der Waals surface area (Å²) in [5.74, 6) is 0.0631. The molecule has 0 fully saturated rings. The fourth-order valence-electron chi connectivity index (χ4n) is 1.62. The largest absolute Gasteiger partial charge is 0.477 e. The molecule has 0 spiro atoms. The van der Waals surface area contributed by atoms with Crippen molar-refractivity contribution in [3.8, 4) is 5.88 Å². The lowest BCUT2D eigenvalue weighted by Crippen LogP contribution is -2.11. The first kappa shape index (κ1) is 14.8. The van der Waals surface area contributed by atoms with Gasteiger partial charge in [-0.2, -0.15) is 4.98 Å². The summed E-state index contributed by atoms with van der Waals surface area (Å²) >= 11 is 0. The fourth-order valence-corrected chi connectivity index (χ4v) is 1.62. The number of nitrogens with one attached hydrogen (secondary N) is 1. The molecule has 0 amide bonds. The lowest BCUT2D eigenvalue weighted by atomic mass is 10.5. The molecule has 0 radical (unpaired) electrons. The third kappa shape index (κ3) is 4.44. The van der Waals surface area contributed by atoms with E-state index in [0.29, 0.717) is 31.4 Å². The van der Waals surface area contributed by atoms with Crippen LogP contribution in [0.1, 0.15) is 23.8 Å². The highest BCUT2D eigenvalue weighted by atomic mass is 16.5. The molecule has 0 aliphatic heterocycles. The quantitative estimate of drug-likeness (QED) is 0.755. The average molecular weight is 291 g/mol. The normalized spacial score (nSPS) is 10.3. The maximum atomic E-state index is 10.7. The number of aromatic nitrogens is 4. The van der Waals surface area contributed by atoms with E-state index in [4.69, 9.17) is 9.84 Å². The zero-order chi connectivity index (χ0) is 15.1. The molecular formula is C13H17N5O3. The summed E-state index contributed by atoms with van der Waals surface area (Å²) in [6.07, 6.45) is 7.05. The van der Waals surface area contributed by atoms with Crippen molar-refractivity contribution < 1.29 is 14.6 Å². The number of aromatic carboxylic acids is 1. The van der Waals surface area contributed by atoms with E-state index in [1.165, 1.54) is 12.5 Å². The number of hydrogen-bond donors (Lipinski definition) is 2. The number of imidazole rings is 1. The number of carboxylic acids is 1. The van der Waals surface area contributed by atoms with Crippen molar-refractivity contribution in [2.24, 2.45) is 0 Å². The topological polar surface area (TPSA) is 102 Å². The molecule has 0 saturated heterocycles. The van der Waals surface area contributed by atoms with Crippen LogP contribution < -0.4 is 10.1 Å². The first-order chi connectivity index (χ1) is 10.2.